The fourth-order valence-corrected chi connectivity index (χ4v) is 4.07. The van der Waals surface area contributed by atoms with Gasteiger partial charge in [-0.2, -0.15) is 5.10 Å². The van der Waals surface area contributed by atoms with Crippen LogP contribution in [0.4, 0.5) is 5.82 Å². The van der Waals surface area contributed by atoms with Gasteiger partial charge in [0.1, 0.15) is 15.8 Å². The number of hydrogen-bond donors (Lipinski definition) is 1. The van der Waals surface area contributed by atoms with Crippen LogP contribution in [0.1, 0.15) is 12.8 Å². The van der Waals surface area contributed by atoms with Crippen molar-refractivity contribution in [3.05, 3.63) is 10.0 Å². The summed E-state index contributed by atoms with van der Waals surface area (Å²) >= 11 is 2.20. The number of rotatable bonds is 5. The summed E-state index contributed by atoms with van der Waals surface area (Å²) < 4.78 is 2.83. The average Bonchev–Trinajstić information content (AvgIpc) is 2.84. The van der Waals surface area contributed by atoms with Crippen LogP contribution in [0.25, 0.3) is 11.0 Å². The van der Waals surface area contributed by atoms with Crippen molar-refractivity contribution in [1.29, 1.82) is 0 Å². The predicted molar refractivity (Wildman–Crippen MR) is 100 cm³/mol. The van der Waals surface area contributed by atoms with Gasteiger partial charge in [-0.25, -0.2) is 14.6 Å². The maximum absolute atomic E-state index is 5.94. The van der Waals surface area contributed by atoms with Gasteiger partial charge in [0, 0.05) is 13.1 Å². The van der Waals surface area contributed by atoms with Crippen molar-refractivity contribution in [2.75, 3.05) is 46.0 Å². The molecule has 3 heterocycles. The second-order valence-corrected chi connectivity index (χ2v) is 7.54. The van der Waals surface area contributed by atoms with E-state index in [1.807, 2.05) is 4.68 Å². The molecule has 0 atom stereocenters. The minimum absolute atomic E-state index is 0.509. The molecular formula is C15H24IN7. The number of likely N-dealkylation sites (tertiary alicyclic amines) is 1. The summed E-state index contributed by atoms with van der Waals surface area (Å²) in [6.45, 7) is 5.39. The standard InChI is InChI=1S/C15H24IN7/c1-21(2)9-11-3-5-22(6-4-11)7-8-23-15-12(13(16)20-23)14(17)18-10-19-15/h10-11H,3-9H2,1-2H3,(H2,17,18,19). The van der Waals surface area contributed by atoms with Gasteiger partial charge in [0.05, 0.1) is 11.9 Å². The summed E-state index contributed by atoms with van der Waals surface area (Å²) in [5.74, 6) is 1.34. The molecule has 0 amide bonds. The number of anilines is 1. The third kappa shape index (κ3) is 3.92. The molecule has 1 aliphatic heterocycles. The first kappa shape index (κ1) is 16.8. The lowest BCUT2D eigenvalue weighted by Gasteiger charge is -2.33. The molecular weight excluding hydrogens is 405 g/mol. The molecule has 126 valence electrons. The van der Waals surface area contributed by atoms with Crippen LogP contribution >= 0.6 is 22.6 Å². The molecule has 8 heteroatoms. The SMILES string of the molecule is CN(C)CC1CCN(CCn2nc(I)c3c(N)ncnc32)CC1. The summed E-state index contributed by atoms with van der Waals surface area (Å²) in [4.78, 5) is 13.2. The van der Waals surface area contributed by atoms with Crippen molar-refractivity contribution in [3.8, 4) is 0 Å². The molecule has 1 aliphatic rings. The molecule has 0 spiro atoms. The van der Waals surface area contributed by atoms with Crippen molar-refractivity contribution < 1.29 is 0 Å². The van der Waals surface area contributed by atoms with Gasteiger partial charge in [0.25, 0.3) is 0 Å². The van der Waals surface area contributed by atoms with E-state index in [1.54, 1.807) is 0 Å². The van der Waals surface area contributed by atoms with E-state index in [2.05, 4.69) is 61.6 Å². The second kappa shape index (κ2) is 7.27. The molecule has 2 aromatic heterocycles. The zero-order valence-electron chi connectivity index (χ0n) is 13.7. The molecule has 2 aromatic rings. The molecule has 1 saturated heterocycles. The van der Waals surface area contributed by atoms with Crippen LogP contribution in [0.2, 0.25) is 0 Å². The number of nitrogen functional groups attached to an aromatic ring is 1. The van der Waals surface area contributed by atoms with Crippen molar-refractivity contribution >= 4 is 39.4 Å². The molecule has 0 saturated carbocycles. The number of hydrogen-bond acceptors (Lipinski definition) is 6. The van der Waals surface area contributed by atoms with E-state index in [4.69, 9.17) is 5.73 Å². The Bertz CT molecular complexity index is 661. The maximum Gasteiger partial charge on any atom is 0.164 e. The average molecular weight is 429 g/mol. The first-order valence-electron chi connectivity index (χ1n) is 8.04. The molecule has 0 bridgehead atoms. The minimum atomic E-state index is 0.509. The molecule has 3 rings (SSSR count). The van der Waals surface area contributed by atoms with E-state index in [0.29, 0.717) is 5.82 Å². The molecule has 0 unspecified atom stereocenters. The highest BCUT2D eigenvalue weighted by atomic mass is 127. The second-order valence-electron chi connectivity index (χ2n) is 6.52. The van der Waals surface area contributed by atoms with Crippen molar-refractivity contribution in [2.45, 2.75) is 19.4 Å². The summed E-state index contributed by atoms with van der Waals surface area (Å²) in [5.41, 5.74) is 6.78. The molecule has 2 N–H and O–H groups in total. The van der Waals surface area contributed by atoms with E-state index < -0.39 is 0 Å². The van der Waals surface area contributed by atoms with Gasteiger partial charge in [-0.05, 0) is 68.5 Å². The maximum atomic E-state index is 5.94. The lowest BCUT2D eigenvalue weighted by atomic mass is 9.96. The number of aromatic nitrogens is 4. The van der Waals surface area contributed by atoms with Gasteiger partial charge < -0.3 is 15.5 Å². The molecule has 0 aliphatic carbocycles. The largest absolute Gasteiger partial charge is 0.383 e. The summed E-state index contributed by atoms with van der Waals surface area (Å²) in [5, 5.41) is 5.45. The Morgan fingerprint density at radius 1 is 1.26 bits per heavy atom. The molecule has 0 aromatic carbocycles. The van der Waals surface area contributed by atoms with Crippen LogP contribution in [0, 0.1) is 9.62 Å². The number of nitrogens with two attached hydrogens (primary N) is 1. The first-order valence-corrected chi connectivity index (χ1v) is 9.12. The van der Waals surface area contributed by atoms with Crippen LogP contribution in [-0.2, 0) is 6.54 Å². The van der Waals surface area contributed by atoms with E-state index in [-0.39, 0.29) is 0 Å². The summed E-state index contributed by atoms with van der Waals surface area (Å²) in [6, 6.07) is 0. The number of piperidine rings is 1. The van der Waals surface area contributed by atoms with Crippen molar-refractivity contribution in [3.63, 3.8) is 0 Å². The van der Waals surface area contributed by atoms with Crippen molar-refractivity contribution in [2.24, 2.45) is 5.92 Å². The Morgan fingerprint density at radius 3 is 2.70 bits per heavy atom. The monoisotopic (exact) mass is 429 g/mol. The minimum Gasteiger partial charge on any atom is -0.383 e. The fraction of sp³-hybridized carbons (Fsp3) is 0.667. The fourth-order valence-electron chi connectivity index (χ4n) is 3.29. The number of fused-ring (bicyclic) bond motifs is 1. The Labute approximate surface area is 150 Å². The Morgan fingerprint density at radius 2 is 2.00 bits per heavy atom. The smallest absolute Gasteiger partial charge is 0.164 e. The van der Waals surface area contributed by atoms with Crippen LogP contribution in [-0.4, -0.2) is 69.8 Å². The van der Waals surface area contributed by atoms with Gasteiger partial charge in [-0.3, -0.25) is 0 Å². The number of nitrogens with zero attached hydrogens (tertiary/aromatic N) is 6. The van der Waals surface area contributed by atoms with Crippen LogP contribution in [0.5, 0.6) is 0 Å². The summed E-state index contributed by atoms with van der Waals surface area (Å²) in [6.07, 6.45) is 4.08. The Balaban J connectivity index is 1.59. The third-order valence-electron chi connectivity index (χ3n) is 4.47. The van der Waals surface area contributed by atoms with Crippen LogP contribution in [0.15, 0.2) is 6.33 Å². The van der Waals surface area contributed by atoms with E-state index >= 15 is 0 Å². The zero-order chi connectivity index (χ0) is 16.4. The predicted octanol–water partition coefficient (Wildman–Crippen LogP) is 1.29. The lowest BCUT2D eigenvalue weighted by Crippen LogP contribution is -2.38. The van der Waals surface area contributed by atoms with Gasteiger partial charge in [0.2, 0.25) is 0 Å². The van der Waals surface area contributed by atoms with Crippen LogP contribution < -0.4 is 5.73 Å². The van der Waals surface area contributed by atoms with Gasteiger partial charge in [0.15, 0.2) is 5.65 Å². The van der Waals surface area contributed by atoms with Crippen LogP contribution in [0.3, 0.4) is 0 Å². The number of halogens is 1. The summed E-state index contributed by atoms with van der Waals surface area (Å²) in [7, 11) is 4.31. The lowest BCUT2D eigenvalue weighted by molar-refractivity contribution is 0.157. The highest BCUT2D eigenvalue weighted by Gasteiger charge is 2.20. The Hall–Kier alpha value is -1.00. The first-order chi connectivity index (χ1) is 11.0. The highest BCUT2D eigenvalue weighted by Crippen LogP contribution is 2.23. The van der Waals surface area contributed by atoms with Crippen molar-refractivity contribution in [1.82, 2.24) is 29.5 Å². The van der Waals surface area contributed by atoms with E-state index in [1.165, 1.54) is 38.8 Å². The zero-order valence-corrected chi connectivity index (χ0v) is 15.9. The quantitative estimate of drug-likeness (QED) is 0.723. The topological polar surface area (TPSA) is 76.1 Å². The van der Waals surface area contributed by atoms with Gasteiger partial charge >= 0.3 is 0 Å². The van der Waals surface area contributed by atoms with E-state index in [9.17, 15) is 0 Å². The normalized spacial score (nSPS) is 17.4. The van der Waals surface area contributed by atoms with Gasteiger partial charge in [-0.15, -0.1) is 0 Å². The van der Waals surface area contributed by atoms with Gasteiger partial charge in [-0.1, -0.05) is 0 Å². The third-order valence-corrected chi connectivity index (χ3v) is 5.23. The van der Waals surface area contributed by atoms with E-state index in [0.717, 1.165) is 33.7 Å². The molecule has 7 nitrogen and oxygen atoms in total. The molecule has 1 fully saturated rings. The Kier molecular flexibility index (Phi) is 5.32. The highest BCUT2D eigenvalue weighted by molar-refractivity contribution is 14.1. The molecule has 23 heavy (non-hydrogen) atoms. The molecule has 0 radical (unpaired) electrons.